The van der Waals surface area contributed by atoms with Crippen molar-refractivity contribution < 1.29 is 21.6 Å². The van der Waals surface area contributed by atoms with E-state index in [-0.39, 0.29) is 4.99 Å². The van der Waals surface area contributed by atoms with Crippen LogP contribution in [0.1, 0.15) is 24.5 Å². The quantitative estimate of drug-likeness (QED) is 0.778. The molecule has 0 amide bonds. The molecule has 0 radical (unpaired) electrons. The van der Waals surface area contributed by atoms with Gasteiger partial charge in [0, 0.05) is 11.6 Å². The van der Waals surface area contributed by atoms with Gasteiger partial charge in [-0.05, 0) is 12.5 Å². The van der Waals surface area contributed by atoms with Crippen molar-refractivity contribution in [3.05, 3.63) is 35.4 Å². The summed E-state index contributed by atoms with van der Waals surface area (Å²) in [5, 5.41) is 0. The number of halogens is 3. The molecule has 9 heteroatoms. The van der Waals surface area contributed by atoms with E-state index in [0.29, 0.717) is 11.1 Å². The second-order valence-electron chi connectivity index (χ2n) is 4.66. The molecule has 0 bridgehead atoms. The monoisotopic (exact) mass is 340 g/mol. The van der Waals surface area contributed by atoms with Crippen LogP contribution in [0.25, 0.3) is 0 Å². The van der Waals surface area contributed by atoms with E-state index >= 15 is 0 Å². The molecule has 1 aromatic rings. The molecule has 0 heterocycles. The van der Waals surface area contributed by atoms with Gasteiger partial charge in [-0.25, -0.2) is 13.1 Å². The number of benzene rings is 1. The van der Waals surface area contributed by atoms with Gasteiger partial charge in [0.1, 0.15) is 4.99 Å². The zero-order chi connectivity index (χ0) is 16.3. The van der Waals surface area contributed by atoms with Gasteiger partial charge in [-0.3, -0.25) is 0 Å². The first-order valence-corrected chi connectivity index (χ1v) is 8.00. The van der Waals surface area contributed by atoms with Crippen molar-refractivity contribution in [3.63, 3.8) is 0 Å². The lowest BCUT2D eigenvalue weighted by Crippen LogP contribution is -2.36. The van der Waals surface area contributed by atoms with Crippen LogP contribution in [0.4, 0.5) is 13.2 Å². The number of thiocarbonyl (C=S) groups is 1. The maximum atomic E-state index is 12.2. The predicted molar refractivity (Wildman–Crippen MR) is 78.2 cm³/mol. The molecule has 4 nitrogen and oxygen atoms in total. The summed E-state index contributed by atoms with van der Waals surface area (Å²) in [4.78, 5) is 0.182. The van der Waals surface area contributed by atoms with Gasteiger partial charge in [-0.2, -0.15) is 13.2 Å². The van der Waals surface area contributed by atoms with Gasteiger partial charge >= 0.3 is 6.18 Å². The Morgan fingerprint density at radius 2 is 1.86 bits per heavy atom. The Morgan fingerprint density at radius 1 is 1.33 bits per heavy atom. The van der Waals surface area contributed by atoms with Crippen molar-refractivity contribution in [2.75, 3.05) is 0 Å². The van der Waals surface area contributed by atoms with E-state index in [2.05, 4.69) is 0 Å². The van der Waals surface area contributed by atoms with Gasteiger partial charge < -0.3 is 5.73 Å². The topological polar surface area (TPSA) is 72.2 Å². The fourth-order valence-electron chi connectivity index (χ4n) is 1.72. The van der Waals surface area contributed by atoms with Gasteiger partial charge in [0.15, 0.2) is 0 Å². The van der Waals surface area contributed by atoms with Crippen LogP contribution in [0.2, 0.25) is 0 Å². The third kappa shape index (κ3) is 6.87. The summed E-state index contributed by atoms with van der Waals surface area (Å²) in [6, 6.07) is 4.94. The van der Waals surface area contributed by atoms with Gasteiger partial charge in [0.05, 0.1) is 12.2 Å². The third-order valence-electron chi connectivity index (χ3n) is 2.51. The fourth-order valence-corrected chi connectivity index (χ4v) is 3.27. The smallest absolute Gasteiger partial charge is 0.389 e. The first kappa shape index (κ1) is 17.9. The number of alkyl halides is 3. The lowest BCUT2D eigenvalue weighted by Gasteiger charge is -2.16. The number of hydrogen-bond acceptors (Lipinski definition) is 3. The zero-order valence-corrected chi connectivity index (χ0v) is 12.8. The molecular formula is C12H15F3N2O2S2. The lowest BCUT2D eigenvalue weighted by molar-refractivity contribution is -0.137. The van der Waals surface area contributed by atoms with E-state index in [1.54, 1.807) is 12.1 Å². The van der Waals surface area contributed by atoms with Crippen LogP contribution in [0.5, 0.6) is 0 Å². The Balaban J connectivity index is 2.70. The molecule has 0 fully saturated rings. The molecule has 1 aromatic carbocycles. The van der Waals surface area contributed by atoms with Crippen molar-refractivity contribution in [2.45, 2.75) is 31.3 Å². The Hall–Kier alpha value is -1.19. The molecule has 118 valence electrons. The van der Waals surface area contributed by atoms with Crippen LogP contribution in [0.3, 0.4) is 0 Å². The molecule has 0 spiro atoms. The molecule has 0 aliphatic heterocycles. The van der Waals surface area contributed by atoms with Crippen LogP contribution in [0, 0.1) is 0 Å². The molecule has 0 aliphatic rings. The predicted octanol–water partition coefficient (Wildman–Crippen LogP) is 2.08. The summed E-state index contributed by atoms with van der Waals surface area (Å²) < 4.78 is 62.1. The van der Waals surface area contributed by atoms with Crippen LogP contribution >= 0.6 is 12.2 Å². The summed E-state index contributed by atoms with van der Waals surface area (Å²) in [5.74, 6) is -0.410. The highest BCUT2D eigenvalue weighted by atomic mass is 32.2. The molecule has 1 unspecified atom stereocenters. The maximum absolute atomic E-state index is 12.2. The van der Waals surface area contributed by atoms with Crippen LogP contribution < -0.4 is 10.5 Å². The summed E-state index contributed by atoms with van der Waals surface area (Å²) in [7, 11) is -3.85. The number of sulfonamides is 1. The highest BCUT2D eigenvalue weighted by Crippen LogP contribution is 2.21. The normalized spacial score (nSPS) is 13.9. The van der Waals surface area contributed by atoms with Gasteiger partial charge in [-0.15, -0.1) is 0 Å². The number of hydrogen-bond donors (Lipinski definition) is 2. The molecule has 0 saturated carbocycles. The molecule has 0 aromatic heterocycles. The second-order valence-corrected chi connectivity index (χ2v) is 6.85. The first-order chi connectivity index (χ1) is 9.48. The maximum Gasteiger partial charge on any atom is 0.390 e. The first-order valence-electron chi connectivity index (χ1n) is 5.94. The van der Waals surface area contributed by atoms with Crippen molar-refractivity contribution in [3.8, 4) is 0 Å². The van der Waals surface area contributed by atoms with Crippen molar-refractivity contribution in [1.82, 2.24) is 4.72 Å². The average molecular weight is 340 g/mol. The summed E-state index contributed by atoms with van der Waals surface area (Å²) in [6.07, 6.45) is -5.63. The number of nitrogens with two attached hydrogens (primary N) is 1. The Kier molecular flexibility index (Phi) is 5.71. The lowest BCUT2D eigenvalue weighted by atomic mass is 10.1. The largest absolute Gasteiger partial charge is 0.390 e. The summed E-state index contributed by atoms with van der Waals surface area (Å²) in [5.41, 5.74) is 6.43. The van der Waals surface area contributed by atoms with E-state index in [0.717, 1.165) is 0 Å². The Labute approximate surface area is 126 Å². The second kappa shape index (κ2) is 6.71. The fraction of sp³-hybridized carbons (Fsp3) is 0.417. The van der Waals surface area contributed by atoms with E-state index in [9.17, 15) is 21.6 Å². The van der Waals surface area contributed by atoms with Gasteiger partial charge in [0.25, 0.3) is 0 Å². The van der Waals surface area contributed by atoms with E-state index in [1.807, 2.05) is 4.72 Å². The molecular weight excluding hydrogens is 325 g/mol. The highest BCUT2D eigenvalue weighted by molar-refractivity contribution is 7.88. The molecule has 3 N–H and O–H groups in total. The Bertz CT molecular complexity index is 598. The SMILES string of the molecule is CC(CC(F)(F)F)NS(=O)(=O)Cc1ccc(C(N)=S)cc1. The zero-order valence-electron chi connectivity index (χ0n) is 11.1. The summed E-state index contributed by atoms with van der Waals surface area (Å²) >= 11 is 4.76. The number of rotatable bonds is 6. The number of nitrogens with one attached hydrogen (secondary N) is 1. The molecule has 0 saturated heterocycles. The minimum absolute atomic E-state index is 0.182. The third-order valence-corrected chi connectivity index (χ3v) is 4.22. The van der Waals surface area contributed by atoms with Crippen LogP contribution in [-0.4, -0.2) is 25.6 Å². The Morgan fingerprint density at radius 3 is 2.29 bits per heavy atom. The van der Waals surface area contributed by atoms with E-state index in [4.69, 9.17) is 18.0 Å². The summed E-state index contributed by atoms with van der Waals surface area (Å²) in [6.45, 7) is 1.17. The van der Waals surface area contributed by atoms with Crippen LogP contribution in [0.15, 0.2) is 24.3 Å². The highest BCUT2D eigenvalue weighted by Gasteiger charge is 2.31. The molecule has 0 aliphatic carbocycles. The van der Waals surface area contributed by atoms with E-state index in [1.165, 1.54) is 19.1 Å². The standard InChI is InChI=1S/C12H15F3N2O2S2/c1-8(6-12(13,14)15)17-21(18,19)7-9-2-4-10(5-3-9)11(16)20/h2-5,8,17H,6-7H2,1H3,(H2,16,20). The van der Waals surface area contributed by atoms with Gasteiger partial charge in [-0.1, -0.05) is 36.5 Å². The molecule has 1 rings (SSSR count). The minimum atomic E-state index is -4.42. The van der Waals surface area contributed by atoms with Gasteiger partial charge in [0.2, 0.25) is 10.0 Å². The van der Waals surface area contributed by atoms with Crippen LogP contribution in [-0.2, 0) is 15.8 Å². The van der Waals surface area contributed by atoms with E-state index < -0.39 is 34.4 Å². The molecule has 21 heavy (non-hydrogen) atoms. The van der Waals surface area contributed by atoms with Crippen molar-refractivity contribution >= 4 is 27.2 Å². The minimum Gasteiger partial charge on any atom is -0.389 e. The van der Waals surface area contributed by atoms with Crippen molar-refractivity contribution in [1.29, 1.82) is 0 Å². The molecule has 1 atom stereocenters. The average Bonchev–Trinajstić information content (AvgIpc) is 2.24. The van der Waals surface area contributed by atoms with Crippen molar-refractivity contribution in [2.24, 2.45) is 5.73 Å².